The Balaban J connectivity index is 0.000000224. The number of nitrogens with one attached hydrogen (secondary N) is 2. The first-order valence-electron chi connectivity index (χ1n) is 8.44. The van der Waals surface area contributed by atoms with E-state index in [1.807, 2.05) is 30.6 Å². The van der Waals surface area contributed by atoms with Crippen molar-refractivity contribution in [1.82, 2.24) is 19.9 Å². The van der Waals surface area contributed by atoms with Crippen LogP contribution in [0.3, 0.4) is 0 Å². The molecule has 0 amide bonds. The number of carbonyl (C=O) groups is 1. The molecule has 0 aliphatic heterocycles. The summed E-state index contributed by atoms with van der Waals surface area (Å²) in [6, 6.07) is 5.74. The molecule has 128 valence electrons. The number of fused-ring (bicyclic) bond motifs is 1. The van der Waals surface area contributed by atoms with Crippen LogP contribution in [-0.2, 0) is 0 Å². The summed E-state index contributed by atoms with van der Waals surface area (Å²) in [5.41, 5.74) is 3.49. The lowest BCUT2D eigenvalue weighted by Gasteiger charge is -2.12. The molecule has 5 nitrogen and oxygen atoms in total. The Labute approximate surface area is 143 Å². The number of aldehydes is 1. The molecule has 5 heteroatoms. The molecule has 3 aromatic heterocycles. The van der Waals surface area contributed by atoms with Gasteiger partial charge >= 0.3 is 0 Å². The van der Waals surface area contributed by atoms with Gasteiger partial charge in [0.15, 0.2) is 6.29 Å². The van der Waals surface area contributed by atoms with Crippen LogP contribution in [0.4, 0.5) is 0 Å². The van der Waals surface area contributed by atoms with Crippen molar-refractivity contribution in [2.75, 3.05) is 20.1 Å². The van der Waals surface area contributed by atoms with Crippen LogP contribution in [0.2, 0.25) is 0 Å². The van der Waals surface area contributed by atoms with Gasteiger partial charge in [-0.3, -0.25) is 4.79 Å². The second-order valence-electron chi connectivity index (χ2n) is 5.86. The van der Waals surface area contributed by atoms with Gasteiger partial charge in [0.2, 0.25) is 0 Å². The number of carbonyl (C=O) groups excluding carboxylic acids is 1. The summed E-state index contributed by atoms with van der Waals surface area (Å²) in [5.74, 6) is 0. The second kappa shape index (κ2) is 9.03. The molecule has 0 spiro atoms. The van der Waals surface area contributed by atoms with E-state index < -0.39 is 0 Å². The molecule has 24 heavy (non-hydrogen) atoms. The van der Waals surface area contributed by atoms with Gasteiger partial charge in [0, 0.05) is 29.5 Å². The molecule has 0 atom stereocenters. The summed E-state index contributed by atoms with van der Waals surface area (Å²) in [4.78, 5) is 23.2. The van der Waals surface area contributed by atoms with Gasteiger partial charge in [-0.1, -0.05) is 13.8 Å². The van der Waals surface area contributed by atoms with E-state index in [2.05, 4.69) is 40.7 Å². The fourth-order valence-corrected chi connectivity index (χ4v) is 2.72. The van der Waals surface area contributed by atoms with Crippen molar-refractivity contribution in [3.63, 3.8) is 0 Å². The average molecular weight is 326 g/mol. The fourth-order valence-electron chi connectivity index (χ4n) is 2.72. The van der Waals surface area contributed by atoms with Gasteiger partial charge in [0.25, 0.3) is 0 Å². The lowest BCUT2D eigenvalue weighted by Crippen LogP contribution is -2.19. The molecule has 0 saturated heterocycles. The maximum atomic E-state index is 10.6. The van der Waals surface area contributed by atoms with Gasteiger partial charge in [0.1, 0.15) is 5.65 Å². The Morgan fingerprint density at radius 2 is 1.92 bits per heavy atom. The van der Waals surface area contributed by atoms with Gasteiger partial charge in [-0.05, 0) is 56.7 Å². The van der Waals surface area contributed by atoms with Crippen LogP contribution in [0, 0.1) is 0 Å². The molecule has 0 aromatic carbocycles. The zero-order chi connectivity index (χ0) is 17.4. The topological polar surface area (TPSA) is 64.8 Å². The van der Waals surface area contributed by atoms with E-state index >= 15 is 0 Å². The quantitative estimate of drug-likeness (QED) is 0.670. The number of aromatic nitrogens is 3. The van der Waals surface area contributed by atoms with E-state index in [1.54, 1.807) is 6.20 Å². The molecule has 0 aliphatic rings. The number of pyridine rings is 1. The fraction of sp³-hybridized carbons (Fsp3) is 0.368. The Kier molecular flexibility index (Phi) is 6.75. The van der Waals surface area contributed by atoms with Crippen molar-refractivity contribution in [2.45, 2.75) is 26.7 Å². The van der Waals surface area contributed by atoms with Crippen molar-refractivity contribution in [1.29, 1.82) is 0 Å². The maximum Gasteiger partial charge on any atom is 0.166 e. The minimum absolute atomic E-state index is 0.579. The lowest BCUT2D eigenvalue weighted by molar-refractivity contribution is 0.111. The Morgan fingerprint density at radius 1 is 1.17 bits per heavy atom. The highest BCUT2D eigenvalue weighted by Gasteiger charge is 2.06. The van der Waals surface area contributed by atoms with E-state index in [-0.39, 0.29) is 0 Å². The largest absolute Gasteiger partial charge is 0.358 e. The van der Waals surface area contributed by atoms with Gasteiger partial charge in [-0.25, -0.2) is 4.98 Å². The average Bonchev–Trinajstić information content (AvgIpc) is 3.24. The van der Waals surface area contributed by atoms with E-state index in [0.717, 1.165) is 28.4 Å². The zero-order valence-electron chi connectivity index (χ0n) is 14.7. The monoisotopic (exact) mass is 326 g/mol. The SMILES string of the molecule is CCCN(C)CCC.O=Cc1cc(-c2ccnc3[nH]ccc23)c[nH]1. The zero-order valence-corrected chi connectivity index (χ0v) is 14.7. The standard InChI is InChI=1S/C12H9N3O.C7H17N/c16-7-9-5-8(6-15-9)10-1-3-13-12-11(10)2-4-14-12;1-4-6-8(3)7-5-2/h1-7,15H,(H,13,14);4-7H2,1-3H3. The van der Waals surface area contributed by atoms with E-state index in [0.29, 0.717) is 5.69 Å². The highest BCUT2D eigenvalue weighted by atomic mass is 16.1. The third kappa shape index (κ3) is 4.55. The van der Waals surface area contributed by atoms with Gasteiger partial charge in [-0.2, -0.15) is 0 Å². The first-order chi connectivity index (χ1) is 11.7. The summed E-state index contributed by atoms with van der Waals surface area (Å²) in [6.45, 7) is 6.92. The minimum Gasteiger partial charge on any atom is -0.358 e. The third-order valence-corrected chi connectivity index (χ3v) is 3.81. The van der Waals surface area contributed by atoms with E-state index in [9.17, 15) is 4.79 Å². The first-order valence-corrected chi connectivity index (χ1v) is 8.44. The van der Waals surface area contributed by atoms with Crippen LogP contribution in [0.1, 0.15) is 37.2 Å². The van der Waals surface area contributed by atoms with Crippen molar-refractivity contribution in [3.05, 3.63) is 42.5 Å². The van der Waals surface area contributed by atoms with Crippen molar-refractivity contribution in [3.8, 4) is 11.1 Å². The second-order valence-corrected chi connectivity index (χ2v) is 5.86. The van der Waals surface area contributed by atoms with Crippen LogP contribution in [0.5, 0.6) is 0 Å². The predicted molar refractivity (Wildman–Crippen MR) is 99.3 cm³/mol. The number of hydrogen-bond acceptors (Lipinski definition) is 3. The third-order valence-electron chi connectivity index (χ3n) is 3.81. The molecule has 3 heterocycles. The molecule has 0 fully saturated rings. The smallest absolute Gasteiger partial charge is 0.166 e. The molecule has 0 bridgehead atoms. The first kappa shape index (κ1) is 17.9. The molecule has 3 aromatic rings. The highest BCUT2D eigenvalue weighted by molar-refractivity contribution is 5.93. The summed E-state index contributed by atoms with van der Waals surface area (Å²) in [6.07, 6.45) is 8.79. The summed E-state index contributed by atoms with van der Waals surface area (Å²) < 4.78 is 0. The summed E-state index contributed by atoms with van der Waals surface area (Å²) in [7, 11) is 2.17. The van der Waals surface area contributed by atoms with Crippen LogP contribution in [-0.4, -0.2) is 46.3 Å². The summed E-state index contributed by atoms with van der Waals surface area (Å²) >= 11 is 0. The normalized spacial score (nSPS) is 10.7. The van der Waals surface area contributed by atoms with Gasteiger partial charge in [-0.15, -0.1) is 0 Å². The maximum absolute atomic E-state index is 10.6. The Morgan fingerprint density at radius 3 is 2.54 bits per heavy atom. The van der Waals surface area contributed by atoms with Crippen LogP contribution in [0.15, 0.2) is 36.8 Å². The number of H-pyrrole nitrogens is 2. The summed E-state index contributed by atoms with van der Waals surface area (Å²) in [5, 5.41) is 1.05. The van der Waals surface area contributed by atoms with Crippen molar-refractivity contribution < 1.29 is 4.79 Å². The Hall–Kier alpha value is -2.40. The predicted octanol–water partition coefficient (Wildman–Crippen LogP) is 4.11. The van der Waals surface area contributed by atoms with Crippen LogP contribution in [0.25, 0.3) is 22.2 Å². The molecule has 0 radical (unpaired) electrons. The molecule has 0 unspecified atom stereocenters. The van der Waals surface area contributed by atoms with Gasteiger partial charge < -0.3 is 14.9 Å². The highest BCUT2D eigenvalue weighted by Crippen LogP contribution is 2.26. The van der Waals surface area contributed by atoms with E-state index in [1.165, 1.54) is 25.9 Å². The van der Waals surface area contributed by atoms with Gasteiger partial charge in [0.05, 0.1) is 5.69 Å². The van der Waals surface area contributed by atoms with Crippen molar-refractivity contribution >= 4 is 17.3 Å². The number of hydrogen-bond donors (Lipinski definition) is 2. The number of nitrogens with zero attached hydrogens (tertiary/aromatic N) is 2. The number of aromatic amines is 2. The number of rotatable bonds is 6. The Bertz CT molecular complexity index is 753. The van der Waals surface area contributed by atoms with Crippen molar-refractivity contribution in [2.24, 2.45) is 0 Å². The van der Waals surface area contributed by atoms with Crippen LogP contribution < -0.4 is 0 Å². The molecule has 3 rings (SSSR count). The molecular formula is C19H26N4O. The molecular weight excluding hydrogens is 300 g/mol. The van der Waals surface area contributed by atoms with E-state index in [4.69, 9.17) is 0 Å². The van der Waals surface area contributed by atoms with Crippen LogP contribution >= 0.6 is 0 Å². The molecule has 0 saturated carbocycles. The minimum atomic E-state index is 0.579. The molecule has 0 aliphatic carbocycles. The lowest BCUT2D eigenvalue weighted by atomic mass is 10.1. The molecule has 2 N–H and O–H groups in total.